The van der Waals surface area contributed by atoms with Crippen molar-refractivity contribution < 1.29 is 9.59 Å². The topological polar surface area (TPSA) is 75.4 Å². The lowest BCUT2D eigenvalue weighted by Gasteiger charge is -2.24. The number of carbonyl (C=O) groups is 2. The van der Waals surface area contributed by atoms with Crippen molar-refractivity contribution in [3.05, 3.63) is 90.5 Å². The molecule has 0 aliphatic carbocycles. The van der Waals surface area contributed by atoms with Crippen molar-refractivity contribution in [2.45, 2.75) is 13.0 Å². The van der Waals surface area contributed by atoms with Crippen LogP contribution in [-0.2, 0) is 11.3 Å². The van der Waals surface area contributed by atoms with Gasteiger partial charge in [0, 0.05) is 18.7 Å². The highest BCUT2D eigenvalue weighted by molar-refractivity contribution is 5.94. The van der Waals surface area contributed by atoms with Gasteiger partial charge in [0.25, 0.3) is 0 Å². The number of primary amides is 1. The molecule has 0 aliphatic heterocycles. The minimum atomic E-state index is -0.631. The van der Waals surface area contributed by atoms with E-state index in [1.54, 1.807) is 4.90 Å². The first-order valence-corrected chi connectivity index (χ1v) is 9.16. The molecule has 0 atom stereocenters. The van der Waals surface area contributed by atoms with Crippen molar-refractivity contribution in [2.24, 2.45) is 5.73 Å². The molecule has 0 aromatic heterocycles. The second-order valence-electron chi connectivity index (χ2n) is 6.42. The fraction of sp³-hybridized carbons (Fsp3) is 0.130. The molecule has 0 saturated heterocycles. The quantitative estimate of drug-likeness (QED) is 0.658. The summed E-state index contributed by atoms with van der Waals surface area (Å²) in [6.45, 7) is 0.659. The van der Waals surface area contributed by atoms with Crippen molar-refractivity contribution in [1.29, 1.82) is 0 Å². The molecule has 5 nitrogen and oxygen atoms in total. The van der Waals surface area contributed by atoms with Crippen LogP contribution in [0.1, 0.15) is 12.0 Å². The molecule has 0 heterocycles. The highest BCUT2D eigenvalue weighted by Gasteiger charge is 2.17. The third-order valence-electron chi connectivity index (χ3n) is 4.39. The van der Waals surface area contributed by atoms with E-state index >= 15 is 0 Å². The summed E-state index contributed by atoms with van der Waals surface area (Å²) in [5.41, 5.74) is 9.07. The molecule has 142 valence electrons. The van der Waals surface area contributed by atoms with Crippen LogP contribution in [0.4, 0.5) is 10.5 Å². The Morgan fingerprint density at radius 3 is 2.14 bits per heavy atom. The minimum absolute atomic E-state index is 0.0807. The van der Waals surface area contributed by atoms with Gasteiger partial charge < -0.3 is 16.0 Å². The van der Waals surface area contributed by atoms with Crippen molar-refractivity contribution >= 4 is 17.6 Å². The molecule has 3 aromatic carbocycles. The number of hydrogen-bond acceptors (Lipinski definition) is 2. The number of nitrogens with two attached hydrogens (primary N) is 1. The number of hydrogen-bond donors (Lipinski definition) is 2. The molecule has 28 heavy (non-hydrogen) atoms. The fourth-order valence-corrected chi connectivity index (χ4v) is 3.00. The largest absolute Gasteiger partial charge is 0.352 e. The molecule has 0 bridgehead atoms. The van der Waals surface area contributed by atoms with Gasteiger partial charge in [-0.1, -0.05) is 72.8 Å². The lowest BCUT2D eigenvalue weighted by Crippen LogP contribution is -2.36. The number of amides is 3. The molecular weight excluding hydrogens is 350 g/mol. The van der Waals surface area contributed by atoms with Crippen LogP contribution in [0.5, 0.6) is 0 Å². The normalized spacial score (nSPS) is 10.3. The van der Waals surface area contributed by atoms with Crippen molar-refractivity contribution in [2.75, 3.05) is 11.4 Å². The molecule has 0 spiro atoms. The number of carbonyl (C=O) groups excluding carboxylic acids is 2. The van der Waals surface area contributed by atoms with Crippen molar-refractivity contribution in [1.82, 2.24) is 5.32 Å². The highest BCUT2D eigenvalue weighted by Crippen LogP contribution is 2.26. The van der Waals surface area contributed by atoms with Crippen LogP contribution < -0.4 is 16.0 Å². The average Bonchev–Trinajstić information content (AvgIpc) is 2.73. The van der Waals surface area contributed by atoms with Gasteiger partial charge >= 0.3 is 6.03 Å². The molecule has 5 heteroatoms. The Balaban J connectivity index is 1.87. The molecule has 0 radical (unpaired) electrons. The van der Waals surface area contributed by atoms with Gasteiger partial charge in [-0.2, -0.15) is 0 Å². The standard InChI is InChI=1S/C23H23N3O2/c24-23(28)25-15-14-22(27)26(17-18-8-3-1-4-9-18)21-13-7-12-20(16-21)19-10-5-2-6-11-19/h1-13,16H,14-15,17H2,(H3,24,25,28). The molecule has 3 amide bonds. The smallest absolute Gasteiger partial charge is 0.312 e. The van der Waals surface area contributed by atoms with E-state index in [4.69, 9.17) is 5.73 Å². The van der Waals surface area contributed by atoms with E-state index in [1.165, 1.54) is 0 Å². The van der Waals surface area contributed by atoms with Crippen molar-refractivity contribution in [3.8, 4) is 11.1 Å². The Bertz CT molecular complexity index is 927. The van der Waals surface area contributed by atoms with Gasteiger partial charge in [0.15, 0.2) is 0 Å². The SMILES string of the molecule is NC(=O)NCCC(=O)N(Cc1ccccc1)c1cccc(-c2ccccc2)c1. The van der Waals surface area contributed by atoms with E-state index in [0.29, 0.717) is 6.54 Å². The number of benzene rings is 3. The third kappa shape index (κ3) is 5.20. The zero-order valence-corrected chi connectivity index (χ0v) is 15.5. The van der Waals surface area contributed by atoms with Crippen LogP contribution >= 0.6 is 0 Å². The summed E-state index contributed by atoms with van der Waals surface area (Å²) in [6.07, 6.45) is 0.172. The van der Waals surface area contributed by atoms with Crippen LogP contribution in [0, 0.1) is 0 Å². The number of anilines is 1. The summed E-state index contributed by atoms with van der Waals surface area (Å²) in [4.78, 5) is 25.6. The summed E-state index contributed by atoms with van der Waals surface area (Å²) < 4.78 is 0. The van der Waals surface area contributed by atoms with Gasteiger partial charge in [-0.3, -0.25) is 4.79 Å². The van der Waals surface area contributed by atoms with Crippen LogP contribution in [0.25, 0.3) is 11.1 Å². The van der Waals surface area contributed by atoms with Crippen LogP contribution in [0.2, 0.25) is 0 Å². The number of urea groups is 1. The molecule has 0 saturated carbocycles. The van der Waals surface area contributed by atoms with Gasteiger partial charge in [0.1, 0.15) is 0 Å². The second kappa shape index (κ2) is 9.37. The molecule has 3 aromatic rings. The minimum Gasteiger partial charge on any atom is -0.352 e. The predicted molar refractivity (Wildman–Crippen MR) is 112 cm³/mol. The van der Waals surface area contributed by atoms with E-state index in [1.807, 2.05) is 84.9 Å². The number of rotatable bonds is 7. The van der Waals surface area contributed by atoms with E-state index in [9.17, 15) is 9.59 Å². The Morgan fingerprint density at radius 2 is 1.46 bits per heavy atom. The van der Waals surface area contributed by atoms with E-state index < -0.39 is 6.03 Å². The first kappa shape index (κ1) is 19.2. The molecule has 3 N–H and O–H groups in total. The zero-order valence-electron chi connectivity index (χ0n) is 15.5. The summed E-state index contributed by atoms with van der Waals surface area (Å²) >= 11 is 0. The maximum Gasteiger partial charge on any atom is 0.312 e. The van der Waals surface area contributed by atoms with Crippen LogP contribution in [0.3, 0.4) is 0 Å². The van der Waals surface area contributed by atoms with Gasteiger partial charge in [0.05, 0.1) is 6.54 Å². The summed E-state index contributed by atoms with van der Waals surface area (Å²) in [5.74, 6) is -0.0807. The Morgan fingerprint density at radius 1 is 0.821 bits per heavy atom. The summed E-state index contributed by atoms with van der Waals surface area (Å²) in [5, 5.41) is 2.48. The maximum atomic E-state index is 12.9. The summed E-state index contributed by atoms with van der Waals surface area (Å²) in [7, 11) is 0. The summed E-state index contributed by atoms with van der Waals surface area (Å²) in [6, 6.07) is 27.1. The monoisotopic (exact) mass is 373 g/mol. The first-order chi connectivity index (χ1) is 13.6. The molecular formula is C23H23N3O2. The first-order valence-electron chi connectivity index (χ1n) is 9.16. The fourth-order valence-electron chi connectivity index (χ4n) is 3.00. The lowest BCUT2D eigenvalue weighted by atomic mass is 10.0. The lowest BCUT2D eigenvalue weighted by molar-refractivity contribution is -0.118. The molecule has 3 rings (SSSR count). The van der Waals surface area contributed by atoms with E-state index in [2.05, 4.69) is 5.32 Å². The zero-order chi connectivity index (χ0) is 19.8. The second-order valence-corrected chi connectivity index (χ2v) is 6.42. The van der Waals surface area contributed by atoms with E-state index in [0.717, 1.165) is 22.4 Å². The molecule has 0 aliphatic rings. The van der Waals surface area contributed by atoms with Gasteiger partial charge in [-0.05, 0) is 28.8 Å². The Kier molecular flexibility index (Phi) is 6.41. The molecule has 0 unspecified atom stereocenters. The Labute approximate surface area is 164 Å². The van der Waals surface area contributed by atoms with Crippen molar-refractivity contribution in [3.63, 3.8) is 0 Å². The third-order valence-corrected chi connectivity index (χ3v) is 4.39. The Hall–Kier alpha value is -3.60. The highest BCUT2D eigenvalue weighted by atomic mass is 16.2. The maximum absolute atomic E-state index is 12.9. The molecule has 0 fully saturated rings. The average molecular weight is 373 g/mol. The number of nitrogens with one attached hydrogen (secondary N) is 1. The van der Waals surface area contributed by atoms with Gasteiger partial charge in [0.2, 0.25) is 5.91 Å². The van der Waals surface area contributed by atoms with Gasteiger partial charge in [-0.25, -0.2) is 4.79 Å². The number of nitrogens with zero attached hydrogens (tertiary/aromatic N) is 1. The van der Waals surface area contributed by atoms with Crippen LogP contribution in [-0.4, -0.2) is 18.5 Å². The van der Waals surface area contributed by atoms with E-state index in [-0.39, 0.29) is 18.9 Å². The van der Waals surface area contributed by atoms with Gasteiger partial charge in [-0.15, -0.1) is 0 Å². The predicted octanol–water partition coefficient (Wildman–Crippen LogP) is 3.95. The van der Waals surface area contributed by atoms with Crippen LogP contribution in [0.15, 0.2) is 84.9 Å².